The molecule has 2 rings (SSSR count). The number of amides is 2. The maximum Gasteiger partial charge on any atom is 0.255 e. The third kappa shape index (κ3) is 4.46. The second kappa shape index (κ2) is 8.58. The molecular weight excluding hydrogens is 356 g/mol. The number of anilines is 2. The third-order valence-corrected chi connectivity index (χ3v) is 3.95. The van der Waals surface area contributed by atoms with E-state index in [4.69, 9.17) is 21.1 Å². The zero-order valence-electron chi connectivity index (χ0n) is 15.1. The molecule has 0 aromatic heterocycles. The largest absolute Gasteiger partial charge is 0.493 e. The number of hydrogen-bond donors (Lipinski definition) is 2. The Morgan fingerprint density at radius 1 is 1.15 bits per heavy atom. The summed E-state index contributed by atoms with van der Waals surface area (Å²) in [6, 6.07) is 8.37. The normalized spacial score (nSPS) is 10.2. The van der Waals surface area contributed by atoms with Gasteiger partial charge in [-0.3, -0.25) is 9.59 Å². The van der Waals surface area contributed by atoms with E-state index >= 15 is 0 Å². The molecule has 6 nitrogen and oxygen atoms in total. The van der Waals surface area contributed by atoms with Gasteiger partial charge >= 0.3 is 0 Å². The molecule has 138 valence electrons. The van der Waals surface area contributed by atoms with Crippen molar-refractivity contribution in [3.8, 4) is 11.5 Å². The Labute approximate surface area is 157 Å². The standard InChI is InChI=1S/C19H21ClN2O4/c1-5-26-18-14(20)9-13(10-17(18)25-4)19(24)22-16-8-6-7-15(11(16)2)21-12(3)23/h6-10H,5H2,1-4H3,(H,21,23)(H,22,24). The molecular formula is C19H21ClN2O4. The molecule has 2 N–H and O–H groups in total. The monoisotopic (exact) mass is 376 g/mol. The molecule has 0 bridgehead atoms. The summed E-state index contributed by atoms with van der Waals surface area (Å²) in [7, 11) is 1.48. The van der Waals surface area contributed by atoms with Gasteiger partial charge < -0.3 is 20.1 Å². The molecule has 2 amide bonds. The van der Waals surface area contributed by atoms with Crippen molar-refractivity contribution in [1.82, 2.24) is 0 Å². The highest BCUT2D eigenvalue weighted by Gasteiger charge is 2.17. The molecule has 0 fully saturated rings. The number of rotatable bonds is 6. The van der Waals surface area contributed by atoms with Crippen molar-refractivity contribution in [3.63, 3.8) is 0 Å². The summed E-state index contributed by atoms with van der Waals surface area (Å²) in [5.41, 5.74) is 2.31. The van der Waals surface area contributed by atoms with Crippen LogP contribution >= 0.6 is 11.6 Å². The lowest BCUT2D eigenvalue weighted by Crippen LogP contribution is -2.14. The Morgan fingerprint density at radius 2 is 1.81 bits per heavy atom. The van der Waals surface area contributed by atoms with Crippen LogP contribution in [0.25, 0.3) is 0 Å². The number of halogens is 1. The van der Waals surface area contributed by atoms with Crippen LogP contribution in [0.1, 0.15) is 29.8 Å². The summed E-state index contributed by atoms with van der Waals surface area (Å²) < 4.78 is 10.7. The molecule has 0 saturated carbocycles. The Kier molecular flexibility index (Phi) is 6.46. The number of carbonyl (C=O) groups is 2. The fraction of sp³-hybridized carbons (Fsp3) is 0.263. The Balaban J connectivity index is 2.31. The van der Waals surface area contributed by atoms with Crippen molar-refractivity contribution in [2.24, 2.45) is 0 Å². The van der Waals surface area contributed by atoms with E-state index in [2.05, 4.69) is 10.6 Å². The van der Waals surface area contributed by atoms with E-state index in [1.54, 1.807) is 24.3 Å². The van der Waals surface area contributed by atoms with Crippen molar-refractivity contribution in [2.45, 2.75) is 20.8 Å². The maximum atomic E-state index is 12.6. The highest BCUT2D eigenvalue weighted by Crippen LogP contribution is 2.36. The zero-order chi connectivity index (χ0) is 19.3. The predicted molar refractivity (Wildman–Crippen MR) is 103 cm³/mol. The van der Waals surface area contributed by atoms with Crippen LogP contribution in [0.15, 0.2) is 30.3 Å². The molecule has 2 aromatic rings. The van der Waals surface area contributed by atoms with Crippen LogP contribution < -0.4 is 20.1 Å². The van der Waals surface area contributed by atoms with Gasteiger partial charge in [0, 0.05) is 23.9 Å². The summed E-state index contributed by atoms with van der Waals surface area (Å²) in [5, 5.41) is 5.84. The van der Waals surface area contributed by atoms with Gasteiger partial charge in [0.05, 0.1) is 18.7 Å². The molecule has 0 aliphatic carbocycles. The second-order valence-electron chi connectivity index (χ2n) is 5.54. The van der Waals surface area contributed by atoms with Crippen LogP contribution in [0.3, 0.4) is 0 Å². The highest BCUT2D eigenvalue weighted by atomic mass is 35.5. The summed E-state index contributed by atoms with van der Waals surface area (Å²) >= 11 is 6.22. The first-order chi connectivity index (χ1) is 12.4. The lowest BCUT2D eigenvalue weighted by Gasteiger charge is -2.15. The summed E-state index contributed by atoms with van der Waals surface area (Å²) in [6.45, 7) is 5.50. The minimum Gasteiger partial charge on any atom is -0.493 e. The Morgan fingerprint density at radius 3 is 2.38 bits per heavy atom. The lowest BCUT2D eigenvalue weighted by atomic mass is 10.1. The van der Waals surface area contributed by atoms with E-state index in [9.17, 15) is 9.59 Å². The van der Waals surface area contributed by atoms with Gasteiger partial charge in [0.15, 0.2) is 11.5 Å². The first-order valence-electron chi connectivity index (χ1n) is 8.06. The van der Waals surface area contributed by atoms with Crippen molar-refractivity contribution >= 4 is 34.8 Å². The molecule has 2 aromatic carbocycles. The molecule has 0 saturated heterocycles. The van der Waals surface area contributed by atoms with Crippen LogP contribution in [-0.2, 0) is 4.79 Å². The number of methoxy groups -OCH3 is 1. The predicted octanol–water partition coefficient (Wildman–Crippen LogP) is 4.27. The first-order valence-corrected chi connectivity index (χ1v) is 8.44. The van der Waals surface area contributed by atoms with E-state index < -0.39 is 0 Å². The maximum absolute atomic E-state index is 12.6. The van der Waals surface area contributed by atoms with Gasteiger partial charge in [0.1, 0.15) is 0 Å². The van der Waals surface area contributed by atoms with E-state index in [1.165, 1.54) is 20.1 Å². The molecule has 26 heavy (non-hydrogen) atoms. The van der Waals surface area contributed by atoms with E-state index in [0.717, 1.165) is 5.56 Å². The molecule has 0 unspecified atom stereocenters. The number of ether oxygens (including phenoxy) is 2. The van der Waals surface area contributed by atoms with E-state index in [0.29, 0.717) is 40.1 Å². The number of benzene rings is 2. The SMILES string of the molecule is CCOc1c(Cl)cc(C(=O)Nc2cccc(NC(C)=O)c2C)cc1OC. The van der Waals surface area contributed by atoms with Crippen molar-refractivity contribution in [1.29, 1.82) is 0 Å². The fourth-order valence-electron chi connectivity index (χ4n) is 2.43. The summed E-state index contributed by atoms with van der Waals surface area (Å²) in [5.74, 6) is 0.251. The third-order valence-electron chi connectivity index (χ3n) is 3.67. The van der Waals surface area contributed by atoms with Gasteiger partial charge in [-0.15, -0.1) is 0 Å². The average molecular weight is 377 g/mol. The summed E-state index contributed by atoms with van der Waals surface area (Å²) in [4.78, 5) is 23.9. The number of nitrogens with one attached hydrogen (secondary N) is 2. The molecule has 0 radical (unpaired) electrons. The van der Waals surface area contributed by atoms with E-state index in [-0.39, 0.29) is 11.8 Å². The van der Waals surface area contributed by atoms with Crippen LogP contribution in [0.2, 0.25) is 5.02 Å². The Hall–Kier alpha value is -2.73. The van der Waals surface area contributed by atoms with Crippen molar-refractivity contribution in [2.75, 3.05) is 24.4 Å². The van der Waals surface area contributed by atoms with Crippen LogP contribution in [-0.4, -0.2) is 25.5 Å². The molecule has 7 heteroatoms. The quantitative estimate of drug-likeness (QED) is 0.789. The van der Waals surface area contributed by atoms with Crippen LogP contribution in [0.4, 0.5) is 11.4 Å². The first kappa shape index (κ1) is 19.6. The minimum atomic E-state index is -0.351. The van der Waals surface area contributed by atoms with Gasteiger partial charge in [0.25, 0.3) is 5.91 Å². The molecule has 0 heterocycles. The average Bonchev–Trinajstić information content (AvgIpc) is 2.59. The van der Waals surface area contributed by atoms with Crippen molar-refractivity contribution < 1.29 is 19.1 Å². The topological polar surface area (TPSA) is 76.7 Å². The Bertz CT molecular complexity index is 837. The molecule has 0 aliphatic rings. The molecule has 0 spiro atoms. The molecule has 0 atom stereocenters. The van der Waals surface area contributed by atoms with Gasteiger partial charge in [-0.05, 0) is 43.7 Å². The van der Waals surface area contributed by atoms with E-state index in [1.807, 2.05) is 13.8 Å². The minimum absolute atomic E-state index is 0.181. The lowest BCUT2D eigenvalue weighted by molar-refractivity contribution is -0.114. The highest BCUT2D eigenvalue weighted by molar-refractivity contribution is 6.32. The smallest absolute Gasteiger partial charge is 0.255 e. The fourth-order valence-corrected chi connectivity index (χ4v) is 2.69. The van der Waals surface area contributed by atoms with Gasteiger partial charge in [-0.1, -0.05) is 17.7 Å². The van der Waals surface area contributed by atoms with Crippen molar-refractivity contribution in [3.05, 3.63) is 46.5 Å². The number of carbonyl (C=O) groups excluding carboxylic acids is 2. The molecule has 0 aliphatic heterocycles. The summed E-state index contributed by atoms with van der Waals surface area (Å²) in [6.07, 6.45) is 0. The van der Waals surface area contributed by atoms with Crippen LogP contribution in [0.5, 0.6) is 11.5 Å². The van der Waals surface area contributed by atoms with Gasteiger partial charge in [-0.25, -0.2) is 0 Å². The second-order valence-corrected chi connectivity index (χ2v) is 5.94. The number of hydrogen-bond acceptors (Lipinski definition) is 4. The zero-order valence-corrected chi connectivity index (χ0v) is 15.9. The van der Waals surface area contributed by atoms with Gasteiger partial charge in [0.2, 0.25) is 5.91 Å². The van der Waals surface area contributed by atoms with Crippen LogP contribution in [0, 0.1) is 6.92 Å². The van der Waals surface area contributed by atoms with Gasteiger partial charge in [-0.2, -0.15) is 0 Å².